The van der Waals surface area contributed by atoms with Crippen molar-refractivity contribution >= 4 is 7.25 Å². The zero-order valence-corrected chi connectivity index (χ0v) is 16.2. The highest BCUT2D eigenvalue weighted by molar-refractivity contribution is 6.50. The van der Waals surface area contributed by atoms with E-state index in [9.17, 15) is 17.3 Å². The van der Waals surface area contributed by atoms with Gasteiger partial charge in [0.15, 0.2) is 5.54 Å². The Hall–Kier alpha value is -1.24. The first-order valence-corrected chi connectivity index (χ1v) is 9.47. The second kappa shape index (κ2) is 7.41. The molecule has 26 heavy (non-hydrogen) atoms. The van der Waals surface area contributed by atoms with Crippen molar-refractivity contribution in [3.63, 3.8) is 0 Å². The highest BCUT2D eigenvalue weighted by Crippen LogP contribution is 2.63. The molecule has 3 atom stereocenters. The fourth-order valence-electron chi connectivity index (χ4n) is 4.87. The Morgan fingerprint density at radius 1 is 1.19 bits per heavy atom. The van der Waals surface area contributed by atoms with Gasteiger partial charge in [-0.05, 0) is 38.0 Å². The van der Waals surface area contributed by atoms with Crippen molar-refractivity contribution in [2.24, 2.45) is 0 Å². The zero-order valence-electron chi connectivity index (χ0n) is 16.2. The fourth-order valence-corrected chi connectivity index (χ4v) is 4.87. The molecule has 3 rings (SSSR count). The Labute approximate surface area is 154 Å². The summed E-state index contributed by atoms with van der Waals surface area (Å²) in [5.41, 5.74) is 2.31. The minimum Gasteiger partial charge on any atom is -0.494 e. The van der Waals surface area contributed by atoms with E-state index in [4.69, 9.17) is 4.74 Å². The quantitative estimate of drug-likeness (QED) is 0.279. The van der Waals surface area contributed by atoms with Crippen molar-refractivity contribution < 1.29 is 26.5 Å². The molecule has 2 aliphatic rings. The number of piperidine rings is 1. The van der Waals surface area contributed by atoms with Crippen LogP contribution in [0, 0.1) is 0 Å². The number of rotatable bonds is 6. The lowest BCUT2D eigenvalue weighted by Gasteiger charge is -2.33. The monoisotopic (exact) mass is 375 g/mol. The van der Waals surface area contributed by atoms with E-state index in [-0.39, 0.29) is 0 Å². The van der Waals surface area contributed by atoms with E-state index in [2.05, 4.69) is 52.1 Å². The number of likely N-dealkylation sites (N-methyl/N-ethyl adjacent to an activating group) is 1. The average Bonchev–Trinajstić information content (AvgIpc) is 3.02. The van der Waals surface area contributed by atoms with Crippen molar-refractivity contribution in [3.05, 3.63) is 29.8 Å². The Bertz CT molecular complexity index is 616. The first kappa shape index (κ1) is 21.1. The number of nitrogens with zero attached hydrogens (tertiary/aromatic N) is 1. The van der Waals surface area contributed by atoms with Crippen LogP contribution < -0.4 is 4.74 Å². The maximum Gasteiger partial charge on any atom is 0.673 e. The molecule has 0 N–H and O–H groups in total. The number of hydrogen-bond donors (Lipinski definition) is 0. The molecule has 7 heteroatoms. The van der Waals surface area contributed by atoms with E-state index in [0.29, 0.717) is 11.0 Å². The molecule has 0 aliphatic carbocycles. The molecule has 2 nitrogen and oxygen atoms in total. The second-order valence-electron chi connectivity index (χ2n) is 7.94. The van der Waals surface area contributed by atoms with Crippen LogP contribution in [0.2, 0.25) is 0 Å². The summed E-state index contributed by atoms with van der Waals surface area (Å²) in [7, 11) is -3.56. The maximum atomic E-state index is 9.75. The lowest BCUT2D eigenvalue weighted by Crippen LogP contribution is -2.40. The van der Waals surface area contributed by atoms with E-state index in [1.54, 1.807) is 0 Å². The van der Waals surface area contributed by atoms with Crippen LogP contribution in [0.3, 0.4) is 0 Å². The van der Waals surface area contributed by atoms with Gasteiger partial charge in [-0.15, -0.1) is 0 Å². The number of halogens is 4. The maximum absolute atomic E-state index is 9.75. The number of ether oxygens (including phenoxy) is 1. The molecule has 0 saturated carbocycles. The second-order valence-corrected chi connectivity index (χ2v) is 7.94. The van der Waals surface area contributed by atoms with Crippen LogP contribution in [0.5, 0.6) is 5.75 Å². The summed E-state index contributed by atoms with van der Waals surface area (Å²) in [6.45, 7) is 10.3. The van der Waals surface area contributed by atoms with Gasteiger partial charge in [-0.3, -0.25) is 0 Å². The molecular formula is C19H30BF4NO. The molecule has 0 spiro atoms. The number of fused-ring (bicyclic) bond motifs is 1. The highest BCUT2D eigenvalue weighted by Gasteiger charge is 2.78. The Morgan fingerprint density at radius 3 is 2.31 bits per heavy atom. The molecule has 148 valence electrons. The summed E-state index contributed by atoms with van der Waals surface area (Å²) in [5.74, 6) is 1.04. The lowest BCUT2D eigenvalue weighted by atomic mass is 9.66. The third kappa shape index (κ3) is 4.02. The van der Waals surface area contributed by atoms with E-state index >= 15 is 0 Å². The van der Waals surface area contributed by atoms with E-state index in [1.807, 2.05) is 0 Å². The minimum atomic E-state index is -6.00. The minimum absolute atomic E-state index is 0.352. The van der Waals surface area contributed by atoms with E-state index in [1.165, 1.54) is 48.8 Å². The van der Waals surface area contributed by atoms with Gasteiger partial charge in [0, 0.05) is 6.42 Å². The summed E-state index contributed by atoms with van der Waals surface area (Å²) in [6.07, 6.45) is 5.26. The van der Waals surface area contributed by atoms with E-state index < -0.39 is 7.25 Å². The van der Waals surface area contributed by atoms with E-state index in [0.717, 1.165) is 12.4 Å². The Morgan fingerprint density at radius 2 is 1.85 bits per heavy atom. The van der Waals surface area contributed by atoms with Crippen LogP contribution in [0.1, 0.15) is 52.0 Å². The summed E-state index contributed by atoms with van der Waals surface area (Å²) >= 11 is 0. The van der Waals surface area contributed by atoms with Gasteiger partial charge in [0.05, 0.1) is 25.6 Å². The molecule has 2 aliphatic heterocycles. The highest BCUT2D eigenvalue weighted by atomic mass is 19.5. The van der Waals surface area contributed by atoms with Crippen LogP contribution in [0.4, 0.5) is 17.3 Å². The van der Waals surface area contributed by atoms with Crippen molar-refractivity contribution in [2.75, 3.05) is 26.7 Å². The van der Waals surface area contributed by atoms with Crippen LogP contribution >= 0.6 is 0 Å². The van der Waals surface area contributed by atoms with Crippen LogP contribution in [0.15, 0.2) is 24.3 Å². The van der Waals surface area contributed by atoms with Gasteiger partial charge in [-0.25, -0.2) is 0 Å². The molecule has 0 bridgehead atoms. The molecule has 2 saturated heterocycles. The Kier molecular flexibility index (Phi) is 6.01. The first-order chi connectivity index (χ1) is 12.0. The average molecular weight is 375 g/mol. The van der Waals surface area contributed by atoms with Crippen LogP contribution in [-0.4, -0.2) is 44.0 Å². The third-order valence-corrected chi connectivity index (χ3v) is 6.46. The van der Waals surface area contributed by atoms with Gasteiger partial charge in [0.1, 0.15) is 12.3 Å². The van der Waals surface area contributed by atoms with Crippen LogP contribution in [-0.2, 0) is 5.41 Å². The molecule has 3 unspecified atom stereocenters. The largest absolute Gasteiger partial charge is 0.673 e. The Balaban J connectivity index is 0.000000431. The van der Waals surface area contributed by atoms with Gasteiger partial charge in [0.2, 0.25) is 0 Å². The summed E-state index contributed by atoms with van der Waals surface area (Å²) in [6, 6.07) is 8.94. The zero-order chi connectivity index (χ0) is 19.6. The number of unbranched alkanes of at least 4 members (excludes halogenated alkanes) is 1. The first-order valence-electron chi connectivity index (χ1n) is 9.47. The van der Waals surface area contributed by atoms with Crippen molar-refractivity contribution in [1.29, 1.82) is 0 Å². The molecular weight excluding hydrogens is 345 g/mol. The number of benzene rings is 1. The molecule has 0 radical (unpaired) electrons. The number of quaternary nitrogens is 1. The molecule has 1 aromatic carbocycles. The smallest absolute Gasteiger partial charge is 0.494 e. The fraction of sp³-hybridized carbons (Fsp3) is 0.684. The molecule has 0 amide bonds. The van der Waals surface area contributed by atoms with Crippen molar-refractivity contribution in [3.8, 4) is 5.75 Å². The lowest BCUT2D eigenvalue weighted by molar-refractivity contribution is -0.796. The summed E-state index contributed by atoms with van der Waals surface area (Å²) in [5, 5.41) is 0. The topological polar surface area (TPSA) is 9.23 Å². The van der Waals surface area contributed by atoms with Gasteiger partial charge in [0.25, 0.3) is 0 Å². The van der Waals surface area contributed by atoms with Crippen molar-refractivity contribution in [2.45, 2.75) is 57.4 Å². The molecule has 1 aromatic rings. The summed E-state index contributed by atoms with van der Waals surface area (Å²) < 4.78 is 46.0. The predicted molar refractivity (Wildman–Crippen MR) is 97.9 cm³/mol. The van der Waals surface area contributed by atoms with Crippen LogP contribution in [0.25, 0.3) is 0 Å². The van der Waals surface area contributed by atoms with Gasteiger partial charge < -0.3 is 26.5 Å². The van der Waals surface area contributed by atoms with Crippen molar-refractivity contribution in [1.82, 2.24) is 0 Å². The van der Waals surface area contributed by atoms with Gasteiger partial charge >= 0.3 is 7.25 Å². The summed E-state index contributed by atoms with van der Waals surface area (Å²) in [4.78, 5) is 0. The number of hydrogen-bond acceptors (Lipinski definition) is 1. The predicted octanol–water partition coefficient (Wildman–Crippen LogP) is 5.44. The molecule has 2 heterocycles. The normalized spacial score (nSPS) is 32.5. The SMILES string of the molecule is CCCCC1(c2cccc(OCC)c2)CC[N+]2(C)CC12C.F[B-](F)(F)F. The van der Waals surface area contributed by atoms with Gasteiger partial charge in [-0.1, -0.05) is 31.9 Å². The standard InChI is InChI=1S/C19H30NO.BF4/c1-5-7-11-19(12-13-20(4)15-18(19,20)3)16-9-8-10-17(14-16)21-6-2;2-1(3,4)5/h8-10,14H,5-7,11-13,15H2,1-4H3;/q+1;-1. The molecule has 0 aromatic heterocycles. The third-order valence-electron chi connectivity index (χ3n) is 6.46. The molecule has 2 fully saturated rings. The van der Waals surface area contributed by atoms with Gasteiger partial charge in [-0.2, -0.15) is 0 Å².